The van der Waals surface area contributed by atoms with Gasteiger partial charge in [0, 0.05) is 13.6 Å². The molecule has 1 aromatic carbocycles. The number of hydrogen-bond donors (Lipinski definition) is 1. The van der Waals surface area contributed by atoms with Gasteiger partial charge in [-0.05, 0) is 63.0 Å². The predicted octanol–water partition coefficient (Wildman–Crippen LogP) is 2.11. The Labute approximate surface area is 165 Å². The van der Waals surface area contributed by atoms with Crippen LogP contribution in [0.3, 0.4) is 0 Å². The van der Waals surface area contributed by atoms with Crippen LogP contribution >= 0.6 is 0 Å². The van der Waals surface area contributed by atoms with Gasteiger partial charge in [0.1, 0.15) is 0 Å². The van der Waals surface area contributed by atoms with Gasteiger partial charge < -0.3 is 19.7 Å². The van der Waals surface area contributed by atoms with Crippen molar-refractivity contribution in [3.63, 3.8) is 0 Å². The van der Waals surface area contributed by atoms with Crippen molar-refractivity contribution in [3.05, 3.63) is 34.6 Å². The first kappa shape index (κ1) is 20.1. The Morgan fingerprint density at radius 2 is 1.86 bits per heavy atom. The first-order chi connectivity index (χ1) is 13.5. The average Bonchev–Trinajstić information content (AvgIpc) is 3.10. The van der Waals surface area contributed by atoms with Crippen LogP contribution in [0.25, 0.3) is 0 Å². The molecule has 0 atom stereocenters. The van der Waals surface area contributed by atoms with E-state index in [-0.39, 0.29) is 5.91 Å². The molecule has 1 aromatic heterocycles. The maximum absolute atomic E-state index is 13.0. The number of aryl methyl sites for hydroxylation is 1. The van der Waals surface area contributed by atoms with E-state index in [0.717, 1.165) is 42.8 Å². The van der Waals surface area contributed by atoms with Gasteiger partial charge in [-0.25, -0.2) is 4.68 Å². The van der Waals surface area contributed by atoms with Crippen molar-refractivity contribution in [3.8, 4) is 11.5 Å². The van der Waals surface area contributed by atoms with E-state index in [1.165, 1.54) is 0 Å². The number of amides is 1. The standard InChI is InChI=1S/C20H29N5O3/c1-13-10-17(27-4)18(28-5)11-15(13)12-24(3)20(26)19-14(2)25(23-22-19)16-6-8-21-9-7-16/h10-11,16,21H,6-9,12H2,1-5H3. The first-order valence-electron chi connectivity index (χ1n) is 9.55. The third-order valence-electron chi connectivity index (χ3n) is 5.38. The van der Waals surface area contributed by atoms with Crippen molar-refractivity contribution in [2.75, 3.05) is 34.4 Å². The van der Waals surface area contributed by atoms with E-state index < -0.39 is 0 Å². The molecule has 152 valence electrons. The van der Waals surface area contributed by atoms with E-state index in [1.807, 2.05) is 30.7 Å². The number of methoxy groups -OCH3 is 2. The summed E-state index contributed by atoms with van der Waals surface area (Å²) < 4.78 is 12.6. The highest BCUT2D eigenvalue weighted by Gasteiger charge is 2.25. The van der Waals surface area contributed by atoms with Gasteiger partial charge in [-0.15, -0.1) is 5.10 Å². The molecule has 2 aromatic rings. The number of rotatable bonds is 6. The fourth-order valence-electron chi connectivity index (χ4n) is 3.64. The third kappa shape index (κ3) is 3.96. The molecule has 0 spiro atoms. The number of nitrogens with zero attached hydrogens (tertiary/aromatic N) is 4. The van der Waals surface area contributed by atoms with Crippen LogP contribution in [0, 0.1) is 13.8 Å². The molecule has 1 amide bonds. The van der Waals surface area contributed by atoms with E-state index >= 15 is 0 Å². The molecule has 8 nitrogen and oxygen atoms in total. The molecule has 28 heavy (non-hydrogen) atoms. The number of benzene rings is 1. The van der Waals surface area contributed by atoms with Crippen molar-refractivity contribution in [1.82, 2.24) is 25.2 Å². The molecule has 3 rings (SSSR count). The summed E-state index contributed by atoms with van der Waals surface area (Å²) in [6.07, 6.45) is 2.00. The number of aromatic nitrogens is 3. The van der Waals surface area contributed by atoms with Gasteiger partial charge in [0.25, 0.3) is 5.91 Å². The molecule has 1 N–H and O–H groups in total. The van der Waals surface area contributed by atoms with Gasteiger partial charge >= 0.3 is 0 Å². The van der Waals surface area contributed by atoms with Crippen molar-refractivity contribution in [1.29, 1.82) is 0 Å². The molecule has 2 heterocycles. The summed E-state index contributed by atoms with van der Waals surface area (Å²) in [5, 5.41) is 11.8. The summed E-state index contributed by atoms with van der Waals surface area (Å²) in [5.74, 6) is 1.20. The lowest BCUT2D eigenvalue weighted by atomic mass is 10.1. The van der Waals surface area contributed by atoms with Gasteiger partial charge in [0.05, 0.1) is 26.0 Å². The zero-order valence-electron chi connectivity index (χ0n) is 17.3. The van der Waals surface area contributed by atoms with Crippen molar-refractivity contribution < 1.29 is 14.3 Å². The summed E-state index contributed by atoms with van der Waals surface area (Å²) in [5.41, 5.74) is 3.27. The Bertz CT molecular complexity index is 843. The van der Waals surface area contributed by atoms with Crippen molar-refractivity contribution >= 4 is 5.91 Å². The molecule has 1 aliphatic heterocycles. The minimum absolute atomic E-state index is 0.133. The molecule has 1 aliphatic rings. The molecule has 0 aliphatic carbocycles. The molecule has 0 radical (unpaired) electrons. The van der Waals surface area contributed by atoms with E-state index in [0.29, 0.717) is 29.8 Å². The van der Waals surface area contributed by atoms with Crippen LogP contribution in [0.4, 0.5) is 0 Å². The second-order valence-electron chi connectivity index (χ2n) is 7.24. The highest BCUT2D eigenvalue weighted by atomic mass is 16.5. The van der Waals surface area contributed by atoms with Crippen LogP contribution in [0.5, 0.6) is 11.5 Å². The topological polar surface area (TPSA) is 81.5 Å². The van der Waals surface area contributed by atoms with Gasteiger partial charge in [-0.1, -0.05) is 5.21 Å². The number of piperidine rings is 1. The lowest BCUT2D eigenvalue weighted by Gasteiger charge is -2.23. The number of ether oxygens (including phenoxy) is 2. The Kier molecular flexibility index (Phi) is 6.18. The maximum Gasteiger partial charge on any atom is 0.276 e. The predicted molar refractivity (Wildman–Crippen MR) is 106 cm³/mol. The monoisotopic (exact) mass is 387 g/mol. The second-order valence-corrected chi connectivity index (χ2v) is 7.24. The molecule has 1 fully saturated rings. The van der Waals surface area contributed by atoms with Crippen LogP contribution in [0.2, 0.25) is 0 Å². The Balaban J connectivity index is 1.77. The van der Waals surface area contributed by atoms with Crippen LogP contribution in [0.1, 0.15) is 46.2 Å². The SMILES string of the molecule is COc1cc(C)c(CN(C)C(=O)c2nnn(C3CCNCC3)c2C)cc1OC. The molecule has 0 unspecified atom stereocenters. The molecule has 8 heteroatoms. The van der Waals surface area contributed by atoms with Crippen LogP contribution in [0.15, 0.2) is 12.1 Å². The summed E-state index contributed by atoms with van der Waals surface area (Å²) in [7, 11) is 5.00. The van der Waals surface area contributed by atoms with Crippen LogP contribution in [-0.2, 0) is 6.54 Å². The van der Waals surface area contributed by atoms with E-state index in [1.54, 1.807) is 26.2 Å². The fraction of sp³-hybridized carbons (Fsp3) is 0.550. The minimum Gasteiger partial charge on any atom is -0.493 e. The quantitative estimate of drug-likeness (QED) is 0.818. The lowest BCUT2D eigenvalue weighted by molar-refractivity contribution is 0.0778. The lowest BCUT2D eigenvalue weighted by Crippen LogP contribution is -2.31. The minimum atomic E-state index is -0.133. The second kappa shape index (κ2) is 8.60. The van der Waals surface area contributed by atoms with Gasteiger partial charge in [-0.2, -0.15) is 0 Å². The highest BCUT2D eigenvalue weighted by Crippen LogP contribution is 2.31. The Morgan fingerprint density at radius 1 is 1.21 bits per heavy atom. The Hall–Kier alpha value is -2.61. The number of hydrogen-bond acceptors (Lipinski definition) is 6. The summed E-state index contributed by atoms with van der Waals surface area (Å²) in [6.45, 7) is 6.29. The van der Waals surface area contributed by atoms with Crippen molar-refractivity contribution in [2.24, 2.45) is 0 Å². The maximum atomic E-state index is 13.0. The average molecular weight is 387 g/mol. The van der Waals surface area contributed by atoms with Gasteiger partial charge in [-0.3, -0.25) is 4.79 Å². The Morgan fingerprint density at radius 3 is 2.50 bits per heavy atom. The first-order valence-corrected chi connectivity index (χ1v) is 9.55. The summed E-state index contributed by atoms with van der Waals surface area (Å²) in [6, 6.07) is 4.13. The molecule has 1 saturated heterocycles. The number of carbonyl (C=O) groups excluding carboxylic acids is 1. The molecule has 0 bridgehead atoms. The highest BCUT2D eigenvalue weighted by molar-refractivity contribution is 5.93. The third-order valence-corrected chi connectivity index (χ3v) is 5.38. The van der Waals surface area contributed by atoms with E-state index in [2.05, 4.69) is 15.6 Å². The fourth-order valence-corrected chi connectivity index (χ4v) is 3.64. The van der Waals surface area contributed by atoms with Gasteiger partial charge in [0.15, 0.2) is 17.2 Å². The summed E-state index contributed by atoms with van der Waals surface area (Å²) in [4.78, 5) is 14.7. The normalized spacial score (nSPS) is 14.8. The van der Waals surface area contributed by atoms with Crippen LogP contribution < -0.4 is 14.8 Å². The van der Waals surface area contributed by atoms with Gasteiger partial charge in [0.2, 0.25) is 0 Å². The zero-order valence-corrected chi connectivity index (χ0v) is 17.3. The number of nitrogens with one attached hydrogen (secondary N) is 1. The zero-order chi connectivity index (χ0) is 20.3. The van der Waals surface area contributed by atoms with Crippen LogP contribution in [-0.4, -0.2) is 60.2 Å². The molecule has 0 saturated carbocycles. The number of carbonyl (C=O) groups is 1. The molecular weight excluding hydrogens is 358 g/mol. The summed E-state index contributed by atoms with van der Waals surface area (Å²) >= 11 is 0. The van der Waals surface area contributed by atoms with E-state index in [4.69, 9.17) is 9.47 Å². The van der Waals surface area contributed by atoms with E-state index in [9.17, 15) is 4.79 Å². The van der Waals surface area contributed by atoms with Crippen molar-refractivity contribution in [2.45, 2.75) is 39.3 Å². The smallest absolute Gasteiger partial charge is 0.276 e. The largest absolute Gasteiger partial charge is 0.493 e. The molecular formula is C20H29N5O3.